The van der Waals surface area contributed by atoms with Crippen molar-refractivity contribution in [3.8, 4) is 0 Å². The third-order valence-corrected chi connectivity index (χ3v) is 9.08. The molecule has 4 rings (SSSR count). The van der Waals surface area contributed by atoms with Crippen LogP contribution in [0.15, 0.2) is 89.1 Å². The Labute approximate surface area is 215 Å². The van der Waals surface area contributed by atoms with E-state index in [4.69, 9.17) is 0 Å². The number of rotatable bonds is 10. The number of carbonyl (C=O) groups excluding carboxylic acids is 1. The smallest absolute Gasteiger partial charge is 0.243 e. The average Bonchev–Trinajstić information content (AvgIpc) is 3.40. The fourth-order valence-corrected chi connectivity index (χ4v) is 6.42. The van der Waals surface area contributed by atoms with Crippen LogP contribution >= 0.6 is 11.3 Å². The van der Waals surface area contributed by atoms with Gasteiger partial charge in [0.25, 0.3) is 0 Å². The van der Waals surface area contributed by atoms with Crippen LogP contribution < -0.4 is 0 Å². The summed E-state index contributed by atoms with van der Waals surface area (Å²) in [6.45, 7) is 4.03. The zero-order valence-electron chi connectivity index (χ0n) is 20.3. The summed E-state index contributed by atoms with van der Waals surface area (Å²) in [5, 5.41) is 3.71. The van der Waals surface area contributed by atoms with Gasteiger partial charge in [0.2, 0.25) is 15.9 Å². The van der Waals surface area contributed by atoms with Gasteiger partial charge in [-0.25, -0.2) is 12.8 Å². The summed E-state index contributed by atoms with van der Waals surface area (Å²) >= 11 is 1.53. The van der Waals surface area contributed by atoms with Gasteiger partial charge in [-0.1, -0.05) is 55.5 Å². The zero-order valence-corrected chi connectivity index (χ0v) is 21.9. The van der Waals surface area contributed by atoms with Crippen molar-refractivity contribution in [3.05, 3.63) is 101 Å². The monoisotopic (exact) mass is 524 g/mol. The molecule has 1 heterocycles. The fourth-order valence-electron chi connectivity index (χ4n) is 4.01. The molecule has 5 nitrogen and oxygen atoms in total. The Morgan fingerprint density at radius 2 is 1.67 bits per heavy atom. The molecule has 0 N–H and O–H groups in total. The van der Waals surface area contributed by atoms with Gasteiger partial charge in [-0.3, -0.25) is 4.79 Å². The molecule has 3 aromatic carbocycles. The van der Waals surface area contributed by atoms with E-state index in [9.17, 15) is 17.6 Å². The van der Waals surface area contributed by atoms with Crippen LogP contribution in [0.2, 0.25) is 0 Å². The van der Waals surface area contributed by atoms with E-state index < -0.39 is 10.0 Å². The van der Waals surface area contributed by atoms with Crippen LogP contribution in [0.3, 0.4) is 0 Å². The fraction of sp³-hybridized carbons (Fsp3) is 0.250. The number of hydrogen-bond donors (Lipinski definition) is 0. The number of nitrogens with zero attached hydrogens (tertiary/aromatic N) is 2. The van der Waals surface area contributed by atoms with E-state index in [-0.39, 0.29) is 35.8 Å². The third kappa shape index (κ3) is 6.00. The Bertz CT molecular complexity index is 1420. The van der Waals surface area contributed by atoms with Crippen LogP contribution in [-0.2, 0) is 27.9 Å². The molecule has 0 aliphatic rings. The van der Waals surface area contributed by atoms with Gasteiger partial charge in [0.15, 0.2) is 0 Å². The molecule has 0 bridgehead atoms. The maximum absolute atomic E-state index is 13.8. The molecule has 36 heavy (non-hydrogen) atoms. The van der Waals surface area contributed by atoms with E-state index in [0.717, 1.165) is 21.2 Å². The Balaban J connectivity index is 1.63. The highest BCUT2D eigenvalue weighted by Crippen LogP contribution is 2.25. The predicted octanol–water partition coefficient (Wildman–Crippen LogP) is 6.06. The van der Waals surface area contributed by atoms with Crippen molar-refractivity contribution in [2.24, 2.45) is 0 Å². The van der Waals surface area contributed by atoms with Crippen molar-refractivity contribution < 1.29 is 17.6 Å². The third-order valence-electron chi connectivity index (χ3n) is 6.27. The molecule has 0 radical (unpaired) electrons. The second-order valence-corrected chi connectivity index (χ2v) is 11.7. The maximum Gasteiger partial charge on any atom is 0.243 e. The highest BCUT2D eigenvalue weighted by molar-refractivity contribution is 7.89. The number of benzene rings is 3. The van der Waals surface area contributed by atoms with E-state index >= 15 is 0 Å². The van der Waals surface area contributed by atoms with Crippen LogP contribution in [-0.4, -0.2) is 36.1 Å². The number of fused-ring (bicyclic) bond motifs is 1. The lowest BCUT2D eigenvalue weighted by atomic mass is 10.1. The minimum Gasteiger partial charge on any atom is -0.332 e. The van der Waals surface area contributed by atoms with Crippen LogP contribution in [0, 0.1) is 5.82 Å². The first-order valence-corrected chi connectivity index (χ1v) is 14.1. The number of halogens is 1. The predicted molar refractivity (Wildman–Crippen MR) is 143 cm³/mol. The Hall–Kier alpha value is -3.07. The van der Waals surface area contributed by atoms with Gasteiger partial charge in [0.1, 0.15) is 5.82 Å². The van der Waals surface area contributed by atoms with Crippen molar-refractivity contribution in [1.29, 1.82) is 0 Å². The molecule has 4 aromatic rings. The SMILES string of the molecule is CCC(C)N(CC(=O)N(Cc1ccc(F)cc1)Cc1cccs1)S(=O)(=O)c1ccc2ccccc2c1. The summed E-state index contributed by atoms with van der Waals surface area (Å²) in [6.07, 6.45) is 0.559. The first kappa shape index (κ1) is 26.0. The first-order valence-electron chi connectivity index (χ1n) is 11.8. The van der Waals surface area contributed by atoms with Gasteiger partial charge in [0, 0.05) is 17.5 Å². The number of hydrogen-bond acceptors (Lipinski definition) is 4. The average molecular weight is 525 g/mol. The molecule has 0 spiro atoms. The van der Waals surface area contributed by atoms with E-state index in [1.807, 2.05) is 55.6 Å². The van der Waals surface area contributed by atoms with Crippen LogP contribution in [0.4, 0.5) is 4.39 Å². The Morgan fingerprint density at radius 1 is 0.944 bits per heavy atom. The van der Waals surface area contributed by atoms with Crippen molar-refractivity contribution in [2.45, 2.75) is 44.3 Å². The van der Waals surface area contributed by atoms with Gasteiger partial charge in [-0.15, -0.1) is 11.3 Å². The molecule has 0 saturated heterocycles. The Morgan fingerprint density at radius 3 is 2.33 bits per heavy atom. The number of carbonyl (C=O) groups is 1. The van der Waals surface area contributed by atoms with Crippen LogP contribution in [0.1, 0.15) is 30.7 Å². The molecular weight excluding hydrogens is 495 g/mol. The lowest BCUT2D eigenvalue weighted by Crippen LogP contribution is -2.46. The molecule has 8 heteroatoms. The molecule has 0 aliphatic carbocycles. The standard InChI is InChI=1S/C28H29FN2O3S2/c1-3-21(2)31(36(33,34)27-15-12-23-7-4-5-8-24(23)17-27)20-28(32)30(19-26-9-6-16-35-26)18-22-10-13-25(29)14-11-22/h4-17,21H,3,18-20H2,1-2H3. The molecule has 1 unspecified atom stereocenters. The number of sulfonamides is 1. The van der Waals surface area contributed by atoms with E-state index in [2.05, 4.69) is 0 Å². The molecule has 188 valence electrons. The quantitative estimate of drug-likeness (QED) is 0.253. The summed E-state index contributed by atoms with van der Waals surface area (Å²) < 4.78 is 42.2. The van der Waals surface area contributed by atoms with Gasteiger partial charge < -0.3 is 4.90 Å². The van der Waals surface area contributed by atoms with Gasteiger partial charge in [-0.05, 0) is 65.4 Å². The van der Waals surface area contributed by atoms with Crippen molar-refractivity contribution >= 4 is 38.0 Å². The van der Waals surface area contributed by atoms with E-state index in [1.165, 1.54) is 27.8 Å². The normalized spacial score (nSPS) is 12.7. The summed E-state index contributed by atoms with van der Waals surface area (Å²) in [4.78, 5) is 16.4. The first-order chi connectivity index (χ1) is 17.3. The zero-order chi connectivity index (χ0) is 25.7. The van der Waals surface area contributed by atoms with Gasteiger partial charge >= 0.3 is 0 Å². The molecule has 1 amide bonds. The highest BCUT2D eigenvalue weighted by atomic mass is 32.2. The van der Waals surface area contributed by atoms with E-state index in [1.54, 1.807) is 35.2 Å². The molecule has 0 fully saturated rings. The number of thiophene rings is 1. The van der Waals surface area contributed by atoms with Crippen molar-refractivity contribution in [2.75, 3.05) is 6.54 Å². The lowest BCUT2D eigenvalue weighted by Gasteiger charge is -2.30. The Kier molecular flexibility index (Phi) is 8.18. The highest BCUT2D eigenvalue weighted by Gasteiger charge is 2.32. The molecule has 1 aromatic heterocycles. The minimum absolute atomic E-state index is 0.164. The number of amides is 1. The summed E-state index contributed by atoms with van der Waals surface area (Å²) in [5.74, 6) is -0.656. The molecule has 0 saturated carbocycles. The van der Waals surface area contributed by atoms with Gasteiger partial charge in [-0.2, -0.15) is 4.31 Å². The largest absolute Gasteiger partial charge is 0.332 e. The topological polar surface area (TPSA) is 57.7 Å². The van der Waals surface area contributed by atoms with Crippen LogP contribution in [0.5, 0.6) is 0 Å². The second kappa shape index (κ2) is 11.3. The van der Waals surface area contributed by atoms with Gasteiger partial charge in [0.05, 0.1) is 18.0 Å². The maximum atomic E-state index is 13.8. The van der Waals surface area contributed by atoms with Crippen molar-refractivity contribution in [3.63, 3.8) is 0 Å². The molecular formula is C28H29FN2O3S2. The summed E-state index contributed by atoms with van der Waals surface area (Å²) in [6, 6.07) is 22.1. The van der Waals surface area contributed by atoms with Crippen LogP contribution in [0.25, 0.3) is 10.8 Å². The summed E-state index contributed by atoms with van der Waals surface area (Å²) in [7, 11) is -3.93. The molecule has 0 aliphatic heterocycles. The lowest BCUT2D eigenvalue weighted by molar-refractivity contribution is -0.133. The molecule has 1 atom stereocenters. The second-order valence-electron chi connectivity index (χ2n) is 8.77. The van der Waals surface area contributed by atoms with E-state index in [0.29, 0.717) is 13.0 Å². The van der Waals surface area contributed by atoms with Crippen molar-refractivity contribution in [1.82, 2.24) is 9.21 Å². The minimum atomic E-state index is -3.93. The summed E-state index contributed by atoms with van der Waals surface area (Å²) in [5.41, 5.74) is 0.772.